The number of urea groups is 1. The molecule has 0 unspecified atom stereocenters. The Morgan fingerprint density at radius 1 is 0.975 bits per heavy atom. The van der Waals surface area contributed by atoms with Crippen LogP contribution in [0.4, 0.5) is 23.7 Å². The van der Waals surface area contributed by atoms with E-state index in [2.05, 4.69) is 26.0 Å². The third kappa shape index (κ3) is 6.78. The van der Waals surface area contributed by atoms with E-state index in [1.807, 2.05) is 41.9 Å². The van der Waals surface area contributed by atoms with Crippen molar-refractivity contribution in [3.63, 3.8) is 0 Å². The average Bonchev–Trinajstić information content (AvgIpc) is 3.57. The van der Waals surface area contributed by atoms with Gasteiger partial charge in [0, 0.05) is 42.3 Å². The summed E-state index contributed by atoms with van der Waals surface area (Å²) in [5.41, 5.74) is 3.21. The van der Waals surface area contributed by atoms with E-state index in [1.54, 1.807) is 54.4 Å². The van der Waals surface area contributed by atoms with Gasteiger partial charge in [0.25, 0.3) is 0 Å². The quantitative estimate of drug-likeness (QED) is 0.220. The number of benzene rings is 1. The van der Waals surface area contributed by atoms with Crippen LogP contribution in [0.2, 0.25) is 0 Å². The van der Waals surface area contributed by atoms with Gasteiger partial charge in [0.15, 0.2) is 0 Å². The van der Waals surface area contributed by atoms with Crippen molar-refractivity contribution in [1.82, 2.24) is 35.1 Å². The number of likely N-dealkylation sites (N-methyl/N-ethyl adjacent to an activating group) is 1. The summed E-state index contributed by atoms with van der Waals surface area (Å²) in [7, 11) is 0. The van der Waals surface area contributed by atoms with Crippen LogP contribution in [0.5, 0.6) is 0 Å². The molecule has 3 amide bonds. The van der Waals surface area contributed by atoms with E-state index in [4.69, 9.17) is 0 Å². The number of halogens is 3. The van der Waals surface area contributed by atoms with Crippen molar-refractivity contribution < 1.29 is 22.8 Å². The van der Waals surface area contributed by atoms with Gasteiger partial charge in [-0.3, -0.25) is 13.9 Å². The Bertz CT molecular complexity index is 1490. The van der Waals surface area contributed by atoms with E-state index < -0.39 is 24.3 Å². The fourth-order valence-electron chi connectivity index (χ4n) is 4.02. The van der Waals surface area contributed by atoms with Crippen LogP contribution in [-0.2, 0) is 10.3 Å². The zero-order valence-electron chi connectivity index (χ0n) is 22.3. The molecule has 0 aliphatic heterocycles. The van der Waals surface area contributed by atoms with Crippen molar-refractivity contribution in [3.8, 4) is 22.4 Å². The first kappa shape index (κ1) is 28.6. The number of aromatic nitrogens is 4. The topological polar surface area (TPSA) is 117 Å². The first-order valence-corrected chi connectivity index (χ1v) is 12.7. The van der Waals surface area contributed by atoms with E-state index in [0.29, 0.717) is 30.0 Å². The number of fused-ring (bicyclic) bond motifs is 1. The second-order valence-corrected chi connectivity index (χ2v) is 9.63. The highest BCUT2D eigenvalue weighted by Gasteiger charge is 2.30. The lowest BCUT2D eigenvalue weighted by Gasteiger charge is -2.24. The SMILES string of the molecule is CCNCCNC(=O)C(C)(C)n1cc(-c2ccn3c(-c4cccc(NC(=O)NCC(F)(F)F)c4)cnc3c2)cn1. The maximum Gasteiger partial charge on any atom is 0.405 e. The summed E-state index contributed by atoms with van der Waals surface area (Å²) >= 11 is 0. The van der Waals surface area contributed by atoms with Crippen LogP contribution in [0.25, 0.3) is 28.0 Å². The Morgan fingerprint density at radius 2 is 1.77 bits per heavy atom. The number of imidazole rings is 1. The second kappa shape index (κ2) is 11.8. The zero-order valence-corrected chi connectivity index (χ0v) is 22.3. The van der Waals surface area contributed by atoms with E-state index in [0.717, 1.165) is 23.4 Å². The first-order chi connectivity index (χ1) is 19.0. The van der Waals surface area contributed by atoms with E-state index in [9.17, 15) is 22.8 Å². The largest absolute Gasteiger partial charge is 0.405 e. The van der Waals surface area contributed by atoms with Crippen LogP contribution in [0.3, 0.4) is 0 Å². The molecule has 40 heavy (non-hydrogen) atoms. The van der Waals surface area contributed by atoms with Crippen molar-refractivity contribution in [2.45, 2.75) is 32.5 Å². The molecule has 0 aliphatic carbocycles. The number of amides is 3. The minimum atomic E-state index is -4.50. The highest BCUT2D eigenvalue weighted by Crippen LogP contribution is 2.28. The molecule has 3 aromatic heterocycles. The molecular formula is C27H31F3N8O2. The third-order valence-electron chi connectivity index (χ3n) is 6.26. The molecule has 4 N–H and O–H groups in total. The number of alkyl halides is 3. The summed E-state index contributed by atoms with van der Waals surface area (Å²) in [5, 5.41) is 14.7. The fraction of sp³-hybridized carbons (Fsp3) is 0.333. The molecule has 0 spiro atoms. The predicted octanol–water partition coefficient (Wildman–Crippen LogP) is 4.01. The first-order valence-electron chi connectivity index (χ1n) is 12.7. The predicted molar refractivity (Wildman–Crippen MR) is 146 cm³/mol. The number of nitrogens with one attached hydrogen (secondary N) is 4. The highest BCUT2D eigenvalue weighted by atomic mass is 19.4. The zero-order chi connectivity index (χ0) is 28.9. The van der Waals surface area contributed by atoms with Gasteiger partial charge in [-0.05, 0) is 50.2 Å². The molecule has 212 valence electrons. The molecule has 1 aromatic carbocycles. The number of rotatable bonds is 10. The molecule has 4 rings (SSSR count). The number of nitrogens with zero attached hydrogens (tertiary/aromatic N) is 4. The molecule has 0 fully saturated rings. The Morgan fingerprint density at radius 3 is 2.52 bits per heavy atom. The minimum absolute atomic E-state index is 0.136. The number of hydrogen-bond acceptors (Lipinski definition) is 5. The maximum absolute atomic E-state index is 12.8. The summed E-state index contributed by atoms with van der Waals surface area (Å²) < 4.78 is 40.6. The van der Waals surface area contributed by atoms with Gasteiger partial charge in [0.2, 0.25) is 5.91 Å². The summed E-state index contributed by atoms with van der Waals surface area (Å²) in [5.74, 6) is -0.136. The molecule has 0 aliphatic rings. The normalized spacial score (nSPS) is 11.9. The maximum atomic E-state index is 12.8. The van der Waals surface area contributed by atoms with Gasteiger partial charge in [0.05, 0.1) is 18.1 Å². The van der Waals surface area contributed by atoms with Gasteiger partial charge in [0.1, 0.15) is 17.7 Å². The van der Waals surface area contributed by atoms with Crippen molar-refractivity contribution in [2.24, 2.45) is 0 Å². The summed E-state index contributed by atoms with van der Waals surface area (Å²) in [6, 6.07) is 9.57. The van der Waals surface area contributed by atoms with E-state index in [1.165, 1.54) is 0 Å². The molecule has 0 atom stereocenters. The van der Waals surface area contributed by atoms with Crippen LogP contribution in [0.1, 0.15) is 20.8 Å². The van der Waals surface area contributed by atoms with E-state index in [-0.39, 0.29) is 5.91 Å². The molecule has 13 heteroatoms. The van der Waals surface area contributed by atoms with Crippen LogP contribution < -0.4 is 21.3 Å². The van der Waals surface area contributed by atoms with Crippen LogP contribution >= 0.6 is 0 Å². The average molecular weight is 557 g/mol. The second-order valence-electron chi connectivity index (χ2n) is 9.63. The van der Waals surface area contributed by atoms with Crippen molar-refractivity contribution in [2.75, 3.05) is 31.5 Å². The summed E-state index contributed by atoms with van der Waals surface area (Å²) in [4.78, 5) is 29.1. The number of pyridine rings is 1. The van der Waals surface area contributed by atoms with Gasteiger partial charge < -0.3 is 21.3 Å². The lowest BCUT2D eigenvalue weighted by molar-refractivity contribution is -0.128. The monoisotopic (exact) mass is 556 g/mol. The van der Waals surface area contributed by atoms with Gasteiger partial charge in [-0.1, -0.05) is 19.1 Å². The van der Waals surface area contributed by atoms with Gasteiger partial charge in [-0.25, -0.2) is 9.78 Å². The number of hydrogen-bond donors (Lipinski definition) is 4. The van der Waals surface area contributed by atoms with Gasteiger partial charge >= 0.3 is 12.2 Å². The van der Waals surface area contributed by atoms with Crippen LogP contribution in [-0.4, -0.2) is 63.5 Å². The van der Waals surface area contributed by atoms with Crippen molar-refractivity contribution in [3.05, 3.63) is 61.2 Å². The van der Waals surface area contributed by atoms with E-state index >= 15 is 0 Å². The molecular weight excluding hydrogens is 525 g/mol. The molecule has 10 nitrogen and oxygen atoms in total. The molecule has 4 aromatic rings. The smallest absolute Gasteiger partial charge is 0.353 e. The summed E-state index contributed by atoms with van der Waals surface area (Å²) in [6.45, 7) is 6.24. The number of anilines is 1. The van der Waals surface area contributed by atoms with Gasteiger partial charge in [-0.2, -0.15) is 18.3 Å². The van der Waals surface area contributed by atoms with Crippen LogP contribution in [0.15, 0.2) is 61.2 Å². The Hall–Kier alpha value is -4.39. The molecule has 0 saturated carbocycles. The third-order valence-corrected chi connectivity index (χ3v) is 6.26. The minimum Gasteiger partial charge on any atom is -0.353 e. The molecule has 3 heterocycles. The molecule has 0 saturated heterocycles. The Balaban J connectivity index is 1.49. The Kier molecular flexibility index (Phi) is 8.43. The lowest BCUT2D eigenvalue weighted by Crippen LogP contribution is -2.46. The summed E-state index contributed by atoms with van der Waals surface area (Å²) in [6.07, 6.45) is 2.54. The van der Waals surface area contributed by atoms with Crippen molar-refractivity contribution in [1.29, 1.82) is 0 Å². The fourth-order valence-corrected chi connectivity index (χ4v) is 4.02. The molecule has 0 radical (unpaired) electrons. The van der Waals surface area contributed by atoms with Crippen molar-refractivity contribution >= 4 is 23.3 Å². The lowest BCUT2D eigenvalue weighted by atomic mass is 10.0. The number of carbonyl (C=O) groups excluding carboxylic acids is 2. The standard InChI is InChI=1S/C27H31F3N8O2/c1-4-31-9-10-32-24(39)26(2,3)38-16-20(14-35-38)18-8-11-37-22(15-33-23(37)13-18)19-6-5-7-21(12-19)36-25(40)34-17-27(28,29)30/h5-8,11-16,31H,4,9-10,17H2,1-3H3,(H,32,39)(H2,34,36,40). The number of carbonyl (C=O) groups is 2. The van der Waals surface area contributed by atoms with Crippen LogP contribution in [0, 0.1) is 0 Å². The highest BCUT2D eigenvalue weighted by molar-refractivity contribution is 5.90. The Labute approximate surface area is 229 Å². The molecule has 0 bridgehead atoms. The van der Waals surface area contributed by atoms with Gasteiger partial charge in [-0.15, -0.1) is 0 Å².